The molecule has 0 amide bonds. The molecule has 0 aromatic rings. The van der Waals surface area contributed by atoms with Crippen LogP contribution < -0.4 is 0 Å². The highest BCUT2D eigenvalue weighted by atomic mass is 16.6. The van der Waals surface area contributed by atoms with Gasteiger partial charge in [0.15, 0.2) is 0 Å². The Morgan fingerprint density at radius 1 is 0.470 bits per heavy atom. The Bertz CT molecular complexity index is 4420. The van der Waals surface area contributed by atoms with E-state index in [-0.39, 0.29) is 86.4 Å². The van der Waals surface area contributed by atoms with Crippen LogP contribution in [-0.2, 0) is 33.4 Å². The zero-order valence-corrected chi connectivity index (χ0v) is 89.9. The van der Waals surface area contributed by atoms with Gasteiger partial charge in [0.25, 0.3) is 6.47 Å². The molecule has 1 aliphatic heterocycles. The molecule has 0 bridgehead atoms. The summed E-state index contributed by atoms with van der Waals surface area (Å²) >= 11 is 0. The van der Waals surface area contributed by atoms with Gasteiger partial charge in [0.1, 0.15) is 5.60 Å². The lowest BCUT2D eigenvalue weighted by atomic mass is 9.33. The zero-order valence-electron chi connectivity index (χ0n) is 89.9. The normalized spacial score (nSPS) is 51.7. The Hall–Kier alpha value is -3.59. The van der Waals surface area contributed by atoms with Crippen LogP contribution in [0, 0.1) is 210 Å². The van der Waals surface area contributed by atoms with Crippen LogP contribution in [0.25, 0.3) is 0 Å². The summed E-state index contributed by atoms with van der Waals surface area (Å²) in [5.41, 5.74) is 11.2. The van der Waals surface area contributed by atoms with E-state index in [2.05, 4.69) is 232 Å². The highest BCUT2D eigenvalue weighted by Crippen LogP contribution is 2.81. The smallest absolute Gasteiger partial charge is 0.373 e. The molecule has 0 aromatic carbocycles. The Morgan fingerprint density at radius 3 is 1.24 bits per heavy atom. The van der Waals surface area contributed by atoms with Gasteiger partial charge in [0.05, 0.1) is 23.7 Å². The lowest BCUT2D eigenvalue weighted by molar-refractivity contribution is -0.203. The number of esters is 1. The van der Waals surface area contributed by atoms with E-state index in [0.29, 0.717) is 116 Å². The van der Waals surface area contributed by atoms with Crippen molar-refractivity contribution < 1.29 is 48.8 Å². The maximum Gasteiger partial charge on any atom is 0.373 e. The van der Waals surface area contributed by atoms with Gasteiger partial charge in [-0.3, -0.25) is 14.4 Å². The lowest BCUT2D eigenvalue weighted by Gasteiger charge is -2.71. The average molecular weight is 1830 g/mol. The molecule has 17 aliphatic carbocycles. The molecule has 13 saturated carbocycles. The molecule has 10 heteroatoms. The largest absolute Gasteiger partial charge is 0.481 e. The van der Waals surface area contributed by atoms with Gasteiger partial charge >= 0.3 is 18.1 Å². The van der Waals surface area contributed by atoms with Crippen molar-refractivity contribution in [1.82, 2.24) is 0 Å². The summed E-state index contributed by atoms with van der Waals surface area (Å²) in [5, 5.41) is 32.6. The Labute approximate surface area is 808 Å². The maximum atomic E-state index is 12.8. The van der Waals surface area contributed by atoms with Crippen LogP contribution in [0.4, 0.5) is 0 Å². The van der Waals surface area contributed by atoms with Crippen molar-refractivity contribution in [3.63, 3.8) is 0 Å². The zero-order chi connectivity index (χ0) is 96.8. The minimum Gasteiger partial charge on any atom is -0.481 e. The highest BCUT2D eigenvalue weighted by molar-refractivity contribution is 5.77. The van der Waals surface area contributed by atoms with E-state index in [0.717, 1.165) is 117 Å². The topological polar surface area (TPSA) is 164 Å². The molecule has 748 valence electrons. The standard InChI is InChI=1S/C30H50O3.2C30H48O2.C30H50O.CO2.CH4/c1-20-11-13-27(5)15-16-29(7)22(25(27)21(20)2)9-10-24-28(6,17-18-33-19-31)23(26(3,4)32)12-14-30(24,29)8;1-19-11-14-27(5)17-18-29(7)21(25(27)20(19)2)9-10-23-28(6)15-13-24(31)32-26(3,4)22(28)12-16-30(23,29)8;1-9-14-27(6)22(19(2)3)13-15-29(8)24(27)11-10-23-25-21(5)20(4)12-16-30(25,26(31)32)18-17-28(23,29)7;1-19-11-14-27(5)17-18-29(7)21(25(27)20(19)2)9-10-23-28(6)15-13-24(31)26(3,4)22(28)12-16-30(23,29)8;2-1-3;/h9,19-21,23-25,32H,10-18H2,1-8H3;9,19-20,22-23,25H,10-18H2,1-8H3;10,20-22,24-25H,2,9,11-18H2,1,3-8H3,(H,31,32);9,19-20,22-25,31H,10-18H2,1-8H3;;1H4/t20-,21+,23?,24?,25?,27-,28+,29-,30-;19-,20+,22?,23?,25?,27-,28+,29-,30-;20-,21+,22?,24?,25?,27+,28-,29-,30+;19-,20+,22?,23?,24+,25?,27-,28+,29-,30-;;/m1111../s1. The van der Waals surface area contributed by atoms with Crippen LogP contribution >= 0.6 is 0 Å². The third kappa shape index (κ3) is 15.6. The van der Waals surface area contributed by atoms with Crippen molar-refractivity contribution >= 4 is 24.6 Å². The second-order valence-corrected chi connectivity index (χ2v) is 56.5. The molecule has 1 heterocycles. The highest BCUT2D eigenvalue weighted by Gasteiger charge is 2.74. The molecule has 18 aliphatic rings. The number of allylic oxidation sites excluding steroid dienone is 9. The summed E-state index contributed by atoms with van der Waals surface area (Å²) in [7, 11) is 0. The predicted octanol–water partition coefficient (Wildman–Crippen LogP) is 31.5. The average Bonchev–Trinajstić information content (AvgIpc) is 0.779. The summed E-state index contributed by atoms with van der Waals surface area (Å²) in [6, 6.07) is 0. The van der Waals surface area contributed by atoms with Gasteiger partial charge in [-0.25, -0.2) is 0 Å². The minimum absolute atomic E-state index is 0. The molecule has 12 unspecified atom stereocenters. The molecule has 14 fully saturated rings. The number of hydrogen-bond acceptors (Lipinski definition) is 9. The van der Waals surface area contributed by atoms with E-state index in [4.69, 9.17) is 19.1 Å². The number of carboxylic acids is 1. The number of aliphatic carboxylic acids is 1. The van der Waals surface area contributed by atoms with E-state index in [1.54, 1.807) is 5.57 Å². The summed E-state index contributed by atoms with van der Waals surface area (Å²) in [4.78, 5) is 52.5. The first-order valence-electron chi connectivity index (χ1n) is 55.0. The fourth-order valence-electron chi connectivity index (χ4n) is 41.3. The van der Waals surface area contributed by atoms with Gasteiger partial charge < -0.3 is 24.8 Å². The number of carboxylic acid groups (broad SMARTS) is 1. The molecule has 18 rings (SSSR count). The van der Waals surface area contributed by atoms with E-state index in [9.17, 15) is 29.7 Å². The van der Waals surface area contributed by atoms with E-state index in [1.165, 1.54) is 165 Å². The molecule has 132 heavy (non-hydrogen) atoms. The van der Waals surface area contributed by atoms with Crippen molar-refractivity contribution in [2.45, 2.75) is 464 Å². The maximum absolute atomic E-state index is 12.8. The summed E-state index contributed by atoms with van der Waals surface area (Å²) < 4.78 is 11.3. The van der Waals surface area contributed by atoms with Crippen molar-refractivity contribution in [3.8, 4) is 0 Å². The van der Waals surface area contributed by atoms with E-state index >= 15 is 0 Å². The Morgan fingerprint density at radius 2 is 0.833 bits per heavy atom. The predicted molar refractivity (Wildman–Crippen MR) is 541 cm³/mol. The quantitative estimate of drug-likeness (QED) is 0.0876. The third-order valence-corrected chi connectivity index (χ3v) is 50.5. The number of cyclic esters (lactones) is 1. The van der Waals surface area contributed by atoms with Gasteiger partial charge in [0, 0.05) is 12.3 Å². The van der Waals surface area contributed by atoms with Crippen LogP contribution in [0.5, 0.6) is 0 Å². The molecule has 10 nitrogen and oxygen atoms in total. The number of fused-ring (bicyclic) bond motifs is 24. The molecular formula is C122H200O10. The third-order valence-electron chi connectivity index (χ3n) is 50.5. The van der Waals surface area contributed by atoms with Crippen molar-refractivity contribution in [2.75, 3.05) is 6.61 Å². The number of ether oxygens (including phenoxy) is 2. The fourth-order valence-corrected chi connectivity index (χ4v) is 41.3. The van der Waals surface area contributed by atoms with Gasteiger partial charge in [0.2, 0.25) is 0 Å². The van der Waals surface area contributed by atoms with Gasteiger partial charge in [-0.05, 0) is 446 Å². The van der Waals surface area contributed by atoms with Crippen LogP contribution in [0.2, 0.25) is 0 Å². The van der Waals surface area contributed by atoms with Gasteiger partial charge in [-0.2, -0.15) is 9.59 Å². The lowest BCUT2D eigenvalue weighted by Crippen LogP contribution is -2.64. The van der Waals surface area contributed by atoms with Crippen LogP contribution in [0.15, 0.2) is 58.7 Å². The molecule has 3 N–H and O–H groups in total. The second-order valence-electron chi connectivity index (χ2n) is 56.5. The first-order valence-corrected chi connectivity index (χ1v) is 55.0. The minimum atomic E-state index is -0.736. The molecule has 37 atom stereocenters. The SMILES string of the molecule is C.C=C(C)C1CC[C@]2(C)C(CC=C3C4[C@@H](C)[C@H](C)CC[C@]4(C(=O)O)CC[C@]32C)[C@@]1(C)CCC.C[C@@H]1CC[C@]2(C)CC[C@]3(C)C(=CCC4[C@@](C)(CCOC=O)C(C(C)(C)O)CC[C@]43C)C2[C@H]1C.C[C@@H]1CC[C@]2(C)CC[C@]3(C)C(=CCC4[C@@]5(C)CCC(=O)OC(C)(C)C5CC[C@]43C)C2[C@H]1C.C[C@@H]1CC[C@]2(C)CC[C@]3(C)C(=CCC4[C@@]5(C)CC[C@H](O)C(C)(C)C5CC[C@]43C)C2[C@H]1C.O=C=O. The molecule has 0 spiro atoms. The van der Waals surface area contributed by atoms with Gasteiger partial charge in [-0.1, -0.05) is 253 Å². The van der Waals surface area contributed by atoms with E-state index < -0.39 is 17.0 Å². The van der Waals surface area contributed by atoms with Crippen LogP contribution in [-0.4, -0.2) is 63.8 Å². The first-order chi connectivity index (χ1) is 60.6. The van der Waals surface area contributed by atoms with Gasteiger partial charge in [-0.15, -0.1) is 0 Å². The fraction of sp³-hybridized carbons (Fsp3) is 0.885. The van der Waals surface area contributed by atoms with Crippen molar-refractivity contribution in [1.29, 1.82) is 0 Å². The molecular weight excluding hydrogens is 1630 g/mol. The number of carbonyl (C=O) groups is 3. The van der Waals surface area contributed by atoms with Crippen LogP contribution in [0.3, 0.4) is 0 Å². The second kappa shape index (κ2) is 35.8. The summed E-state index contributed by atoms with van der Waals surface area (Å²) in [6.07, 6.45) is 53.0. The summed E-state index contributed by atoms with van der Waals surface area (Å²) in [6.45, 7) is 82.0. The molecule has 1 saturated heterocycles. The van der Waals surface area contributed by atoms with Crippen molar-refractivity contribution in [2.24, 2.45) is 210 Å². The number of aliphatic hydroxyl groups excluding tert-OH is 1. The monoisotopic (exact) mass is 1830 g/mol. The number of rotatable bonds is 9. The number of hydrogen-bond donors (Lipinski definition) is 3. The van der Waals surface area contributed by atoms with Crippen molar-refractivity contribution in [3.05, 3.63) is 58.7 Å². The number of aliphatic hydroxyl groups is 2. The molecule has 0 radical (unpaired) electrons. The first kappa shape index (κ1) is 106. The van der Waals surface area contributed by atoms with Crippen LogP contribution in [0.1, 0.15) is 447 Å². The molecule has 0 aromatic heterocycles. The number of carbonyl (C=O) groups excluding carboxylic acids is 4. The Kier molecular flexibility index (Phi) is 28.7. The summed E-state index contributed by atoms with van der Waals surface area (Å²) in [5.74, 6) is 12.3. The van der Waals surface area contributed by atoms with E-state index in [1.807, 2.05) is 25.0 Å². The Balaban J connectivity index is 0.000000148.